The van der Waals surface area contributed by atoms with Crippen molar-refractivity contribution in [2.24, 2.45) is 7.05 Å². The van der Waals surface area contributed by atoms with Crippen molar-refractivity contribution in [3.63, 3.8) is 0 Å². The molecule has 3 rings (SSSR count). The van der Waals surface area contributed by atoms with Crippen molar-refractivity contribution < 1.29 is 14.0 Å². The minimum absolute atomic E-state index is 0. The van der Waals surface area contributed by atoms with Crippen molar-refractivity contribution in [2.75, 3.05) is 19.6 Å². The second kappa shape index (κ2) is 8.91. The maximum atomic E-state index is 12.9. The van der Waals surface area contributed by atoms with Crippen molar-refractivity contribution in [1.82, 2.24) is 19.8 Å². The summed E-state index contributed by atoms with van der Waals surface area (Å²) >= 11 is 0. The minimum atomic E-state index is -0.383. The largest absolute Gasteiger partial charge is 0.336 e. The van der Waals surface area contributed by atoms with Crippen LogP contribution >= 0.6 is 12.4 Å². The van der Waals surface area contributed by atoms with Crippen LogP contribution in [-0.2, 0) is 11.8 Å². The zero-order valence-electron chi connectivity index (χ0n) is 14.5. The lowest BCUT2D eigenvalue weighted by molar-refractivity contribution is -0.134. The third-order valence-electron chi connectivity index (χ3n) is 4.45. The number of halogens is 2. The summed E-state index contributed by atoms with van der Waals surface area (Å²) in [4.78, 5) is 31.0. The minimum Gasteiger partial charge on any atom is -0.336 e. The second-order valence-electron chi connectivity index (χ2n) is 6.13. The fraction of sp³-hybridized carbons (Fsp3) is 0.389. The molecule has 0 saturated carbocycles. The van der Waals surface area contributed by atoms with Crippen molar-refractivity contribution >= 4 is 24.1 Å². The van der Waals surface area contributed by atoms with Crippen molar-refractivity contribution in [2.45, 2.75) is 18.9 Å². The zero-order valence-corrected chi connectivity index (χ0v) is 15.3. The molecule has 2 heterocycles. The fourth-order valence-electron chi connectivity index (χ4n) is 3.08. The Morgan fingerprint density at radius 3 is 2.65 bits per heavy atom. The van der Waals surface area contributed by atoms with Gasteiger partial charge in [-0.05, 0) is 24.3 Å². The SMILES string of the molecule is Cl.Cn1ccnc1C1CNCCN1C(=O)CCC(=O)c1ccc(F)cc1. The van der Waals surface area contributed by atoms with E-state index in [0.717, 1.165) is 12.4 Å². The Morgan fingerprint density at radius 1 is 1.27 bits per heavy atom. The molecule has 1 saturated heterocycles. The van der Waals surface area contributed by atoms with E-state index in [-0.39, 0.29) is 48.8 Å². The number of benzene rings is 1. The Kier molecular flexibility index (Phi) is 6.88. The maximum Gasteiger partial charge on any atom is 0.223 e. The number of rotatable bonds is 5. The number of piperazine rings is 1. The summed E-state index contributed by atoms with van der Waals surface area (Å²) in [5.74, 6) is 0.221. The smallest absolute Gasteiger partial charge is 0.223 e. The van der Waals surface area contributed by atoms with Crippen LogP contribution in [0.4, 0.5) is 4.39 Å². The predicted octanol–water partition coefficient (Wildman–Crippen LogP) is 2.12. The van der Waals surface area contributed by atoms with Gasteiger partial charge in [0.1, 0.15) is 17.7 Å². The highest BCUT2D eigenvalue weighted by atomic mass is 35.5. The highest BCUT2D eigenvalue weighted by Crippen LogP contribution is 2.22. The lowest BCUT2D eigenvalue weighted by atomic mass is 10.1. The third-order valence-corrected chi connectivity index (χ3v) is 4.45. The number of nitrogens with zero attached hydrogens (tertiary/aromatic N) is 3. The number of Topliss-reactive ketones (excluding diaryl/α,β-unsaturated/α-hetero) is 1. The summed E-state index contributed by atoms with van der Waals surface area (Å²) in [7, 11) is 1.90. The number of nitrogens with one attached hydrogen (secondary N) is 1. The molecule has 0 spiro atoms. The van der Waals surface area contributed by atoms with Gasteiger partial charge in [0, 0.05) is 57.5 Å². The molecule has 1 atom stereocenters. The Balaban J connectivity index is 0.00000243. The van der Waals surface area contributed by atoms with E-state index in [4.69, 9.17) is 0 Å². The molecule has 1 aromatic carbocycles. The summed E-state index contributed by atoms with van der Waals surface area (Å²) < 4.78 is 14.8. The van der Waals surface area contributed by atoms with Crippen molar-refractivity contribution in [3.05, 3.63) is 53.9 Å². The number of carbonyl (C=O) groups is 2. The lowest BCUT2D eigenvalue weighted by Gasteiger charge is -2.35. The van der Waals surface area contributed by atoms with E-state index in [0.29, 0.717) is 18.7 Å². The van der Waals surface area contributed by atoms with E-state index in [2.05, 4.69) is 10.3 Å². The van der Waals surface area contributed by atoms with Crippen molar-refractivity contribution in [1.29, 1.82) is 0 Å². The zero-order chi connectivity index (χ0) is 17.8. The molecule has 1 aliphatic rings. The maximum absolute atomic E-state index is 12.9. The van der Waals surface area contributed by atoms with Gasteiger partial charge in [-0.15, -0.1) is 12.4 Å². The van der Waals surface area contributed by atoms with Crippen molar-refractivity contribution in [3.8, 4) is 0 Å². The molecule has 0 aliphatic carbocycles. The molecular weight excluding hydrogens is 359 g/mol. The molecular formula is C18H22ClFN4O2. The number of aromatic nitrogens is 2. The van der Waals surface area contributed by atoms with Gasteiger partial charge in [0.2, 0.25) is 5.91 Å². The molecule has 1 aromatic heterocycles. The molecule has 140 valence electrons. The number of hydrogen-bond donors (Lipinski definition) is 1. The third kappa shape index (κ3) is 4.47. The number of aryl methyl sites for hydroxylation is 1. The first-order chi connectivity index (χ1) is 12.1. The van der Waals surface area contributed by atoms with E-state index in [9.17, 15) is 14.0 Å². The van der Waals surface area contributed by atoms with Crippen LogP contribution in [0.5, 0.6) is 0 Å². The summed E-state index contributed by atoms with van der Waals surface area (Å²) in [6, 6.07) is 5.26. The van der Waals surface area contributed by atoms with E-state index in [1.54, 1.807) is 11.1 Å². The lowest BCUT2D eigenvalue weighted by Crippen LogP contribution is -2.49. The van der Waals surface area contributed by atoms with Crippen LogP contribution in [0.15, 0.2) is 36.7 Å². The first kappa shape index (κ1) is 20.1. The molecule has 1 fully saturated rings. The van der Waals surface area contributed by atoms with Crippen LogP contribution in [0.3, 0.4) is 0 Å². The van der Waals surface area contributed by atoms with Gasteiger partial charge in [0.05, 0.1) is 0 Å². The van der Waals surface area contributed by atoms with Gasteiger partial charge in [-0.2, -0.15) is 0 Å². The van der Waals surface area contributed by atoms with Gasteiger partial charge in [-0.1, -0.05) is 0 Å². The summed E-state index contributed by atoms with van der Waals surface area (Å²) in [5.41, 5.74) is 0.426. The number of hydrogen-bond acceptors (Lipinski definition) is 4. The Labute approximate surface area is 157 Å². The van der Waals surface area contributed by atoms with Gasteiger partial charge in [0.25, 0.3) is 0 Å². The Morgan fingerprint density at radius 2 is 2.00 bits per heavy atom. The fourth-order valence-corrected chi connectivity index (χ4v) is 3.08. The topological polar surface area (TPSA) is 67.2 Å². The van der Waals surface area contributed by atoms with Crippen LogP contribution in [0, 0.1) is 5.82 Å². The molecule has 6 nitrogen and oxygen atoms in total. The molecule has 26 heavy (non-hydrogen) atoms. The Bertz CT molecular complexity index is 763. The molecule has 2 aromatic rings. The number of amides is 1. The molecule has 1 unspecified atom stereocenters. The van der Waals surface area contributed by atoms with Crippen LogP contribution in [-0.4, -0.2) is 45.8 Å². The van der Waals surface area contributed by atoms with E-state index in [1.807, 2.05) is 17.8 Å². The normalized spacial score (nSPS) is 16.8. The number of imidazole rings is 1. The monoisotopic (exact) mass is 380 g/mol. The highest BCUT2D eigenvalue weighted by Gasteiger charge is 2.30. The van der Waals surface area contributed by atoms with Gasteiger partial charge >= 0.3 is 0 Å². The average Bonchev–Trinajstić information content (AvgIpc) is 3.06. The van der Waals surface area contributed by atoms with Crippen LogP contribution in [0.2, 0.25) is 0 Å². The molecule has 8 heteroatoms. The van der Waals surface area contributed by atoms with E-state index in [1.165, 1.54) is 24.3 Å². The first-order valence-corrected chi connectivity index (χ1v) is 8.32. The summed E-state index contributed by atoms with van der Waals surface area (Å²) in [6.45, 7) is 1.95. The number of ketones is 1. The summed E-state index contributed by atoms with van der Waals surface area (Å²) in [6.07, 6.45) is 3.81. The standard InChI is InChI=1S/C18H21FN4O2.ClH/c1-22-10-9-21-18(22)15-12-20-8-11-23(15)17(25)7-6-16(24)13-2-4-14(19)5-3-13;/h2-5,9-10,15,20H,6-8,11-12H2,1H3;1H. The second-order valence-corrected chi connectivity index (χ2v) is 6.13. The van der Waals surface area contributed by atoms with Gasteiger partial charge in [-0.25, -0.2) is 9.37 Å². The number of carbonyl (C=O) groups excluding carboxylic acids is 2. The van der Waals surface area contributed by atoms with E-state index < -0.39 is 0 Å². The average molecular weight is 381 g/mol. The predicted molar refractivity (Wildman–Crippen MR) is 97.7 cm³/mol. The van der Waals surface area contributed by atoms with Gasteiger partial charge in [-0.3, -0.25) is 9.59 Å². The molecule has 0 bridgehead atoms. The molecule has 1 aliphatic heterocycles. The van der Waals surface area contributed by atoms with Crippen LogP contribution in [0.1, 0.15) is 35.1 Å². The highest BCUT2D eigenvalue weighted by molar-refractivity contribution is 5.97. The van der Waals surface area contributed by atoms with Gasteiger partial charge < -0.3 is 14.8 Å². The summed E-state index contributed by atoms with van der Waals surface area (Å²) in [5, 5.41) is 3.28. The van der Waals surface area contributed by atoms with Crippen LogP contribution in [0.25, 0.3) is 0 Å². The molecule has 1 N–H and O–H groups in total. The van der Waals surface area contributed by atoms with E-state index >= 15 is 0 Å². The first-order valence-electron chi connectivity index (χ1n) is 8.32. The van der Waals surface area contributed by atoms with Crippen LogP contribution < -0.4 is 5.32 Å². The molecule has 1 amide bonds. The molecule has 0 radical (unpaired) electrons. The quantitative estimate of drug-likeness (QED) is 0.807. The van der Waals surface area contributed by atoms with Gasteiger partial charge in [0.15, 0.2) is 5.78 Å². The Hall–Kier alpha value is -2.25.